The molecule has 1 aliphatic rings. The molecule has 0 aliphatic heterocycles. The number of carboxylic acid groups (broad SMARTS) is 2. The van der Waals surface area contributed by atoms with Crippen LogP contribution in [0.3, 0.4) is 0 Å². The lowest BCUT2D eigenvalue weighted by molar-refractivity contribution is -0.134. The number of benzene rings is 1. The first-order valence-electron chi connectivity index (χ1n) is 9.70. The van der Waals surface area contributed by atoms with E-state index in [0.717, 1.165) is 16.7 Å². The molecule has 0 radical (unpaired) electrons. The van der Waals surface area contributed by atoms with E-state index in [2.05, 4.69) is 10.3 Å². The molecule has 0 amide bonds. The van der Waals surface area contributed by atoms with Gasteiger partial charge >= 0.3 is 11.9 Å². The van der Waals surface area contributed by atoms with E-state index in [0.29, 0.717) is 31.3 Å². The van der Waals surface area contributed by atoms with E-state index in [4.69, 9.17) is 14.9 Å². The molecular weight excluding hydrogens is 376 g/mol. The number of hydrogen-bond acceptors (Lipinski definition) is 5. The first-order valence-corrected chi connectivity index (χ1v) is 9.70. The summed E-state index contributed by atoms with van der Waals surface area (Å²) in [4.78, 5) is 22.3. The summed E-state index contributed by atoms with van der Waals surface area (Å²) in [5.74, 6) is -1.69. The molecule has 3 rings (SSSR count). The number of aromatic nitrogens is 1. The maximum atomic E-state index is 10.1. The minimum absolute atomic E-state index is 0.323. The van der Waals surface area contributed by atoms with Crippen molar-refractivity contribution >= 4 is 22.8 Å². The van der Waals surface area contributed by atoms with Gasteiger partial charge in [-0.25, -0.2) is 9.59 Å². The van der Waals surface area contributed by atoms with E-state index >= 15 is 0 Å². The third-order valence-electron chi connectivity index (χ3n) is 4.60. The quantitative estimate of drug-likeness (QED) is 0.427. The summed E-state index contributed by atoms with van der Waals surface area (Å²) in [5, 5.41) is 30.2. The number of aliphatic hydroxyl groups is 1. The molecule has 2 aromatic rings. The molecule has 8 nitrogen and oxygen atoms in total. The average molecular weight is 404 g/mol. The molecule has 1 aromatic carbocycles. The minimum atomic E-state index is -1.26. The topological polar surface area (TPSA) is 132 Å². The van der Waals surface area contributed by atoms with Crippen molar-refractivity contribution in [2.45, 2.75) is 44.2 Å². The van der Waals surface area contributed by atoms with E-state index in [1.165, 1.54) is 32.1 Å². The van der Waals surface area contributed by atoms with Crippen LogP contribution in [0, 0.1) is 0 Å². The molecule has 8 heteroatoms. The Labute approximate surface area is 169 Å². The fourth-order valence-corrected chi connectivity index (χ4v) is 3.18. The van der Waals surface area contributed by atoms with Gasteiger partial charge in [-0.3, -0.25) is 0 Å². The number of carboxylic acids is 2. The van der Waals surface area contributed by atoms with Crippen LogP contribution in [-0.2, 0) is 9.59 Å². The number of H-pyrrole nitrogens is 1. The summed E-state index contributed by atoms with van der Waals surface area (Å²) in [5.41, 5.74) is 1.06. The number of aromatic amines is 1. The highest BCUT2D eigenvalue weighted by Gasteiger charge is 2.14. The number of fused-ring (bicyclic) bond motifs is 1. The van der Waals surface area contributed by atoms with Crippen LogP contribution in [0.4, 0.5) is 0 Å². The van der Waals surface area contributed by atoms with Gasteiger partial charge in [0.25, 0.3) is 0 Å². The van der Waals surface area contributed by atoms with Gasteiger partial charge in [0.1, 0.15) is 18.5 Å². The van der Waals surface area contributed by atoms with Gasteiger partial charge in [0.05, 0.1) is 0 Å². The summed E-state index contributed by atoms with van der Waals surface area (Å²) in [7, 11) is 0. The lowest BCUT2D eigenvalue weighted by Gasteiger charge is -2.24. The molecule has 1 atom stereocenters. The summed E-state index contributed by atoms with van der Waals surface area (Å²) in [6.07, 6.45) is 8.97. The van der Waals surface area contributed by atoms with Crippen molar-refractivity contribution in [3.63, 3.8) is 0 Å². The number of nitrogens with one attached hydrogen (secondary N) is 2. The number of hydrogen-bond donors (Lipinski definition) is 5. The smallest absolute Gasteiger partial charge is 0.328 e. The zero-order valence-corrected chi connectivity index (χ0v) is 16.2. The van der Waals surface area contributed by atoms with Crippen molar-refractivity contribution in [3.8, 4) is 5.75 Å². The Bertz CT molecular complexity index is 794. The van der Waals surface area contributed by atoms with Crippen molar-refractivity contribution in [2.24, 2.45) is 0 Å². The highest BCUT2D eigenvalue weighted by molar-refractivity contribution is 5.89. The lowest BCUT2D eigenvalue weighted by Crippen LogP contribution is -2.38. The van der Waals surface area contributed by atoms with E-state index in [-0.39, 0.29) is 0 Å². The number of rotatable bonds is 8. The molecule has 1 saturated carbocycles. The van der Waals surface area contributed by atoms with Crippen LogP contribution in [0.2, 0.25) is 0 Å². The van der Waals surface area contributed by atoms with Gasteiger partial charge in [0.15, 0.2) is 0 Å². The molecule has 1 unspecified atom stereocenters. The summed E-state index contributed by atoms with van der Waals surface area (Å²) in [6.45, 7) is 0.928. The molecule has 1 heterocycles. The number of carbonyl (C=O) groups is 2. The van der Waals surface area contributed by atoms with Crippen LogP contribution in [0.1, 0.15) is 32.1 Å². The molecule has 158 valence electrons. The Balaban J connectivity index is 0.000000321. The van der Waals surface area contributed by atoms with Crippen LogP contribution in [0.25, 0.3) is 10.9 Å². The summed E-state index contributed by atoms with van der Waals surface area (Å²) >= 11 is 0. The van der Waals surface area contributed by atoms with E-state index in [9.17, 15) is 14.7 Å². The second-order valence-corrected chi connectivity index (χ2v) is 6.91. The Morgan fingerprint density at radius 3 is 2.48 bits per heavy atom. The van der Waals surface area contributed by atoms with E-state index < -0.39 is 18.0 Å². The normalized spacial score (nSPS) is 15.6. The van der Waals surface area contributed by atoms with Gasteiger partial charge in [0.2, 0.25) is 0 Å². The van der Waals surface area contributed by atoms with Crippen molar-refractivity contribution in [3.05, 3.63) is 42.6 Å². The van der Waals surface area contributed by atoms with Gasteiger partial charge in [-0.2, -0.15) is 0 Å². The zero-order valence-electron chi connectivity index (χ0n) is 16.2. The Morgan fingerprint density at radius 1 is 1.14 bits per heavy atom. The highest BCUT2D eigenvalue weighted by atomic mass is 16.5. The van der Waals surface area contributed by atoms with Crippen LogP contribution in [0.5, 0.6) is 5.75 Å². The second-order valence-electron chi connectivity index (χ2n) is 6.91. The van der Waals surface area contributed by atoms with Gasteiger partial charge in [-0.15, -0.1) is 0 Å². The average Bonchev–Trinajstić information content (AvgIpc) is 3.20. The molecule has 29 heavy (non-hydrogen) atoms. The monoisotopic (exact) mass is 404 g/mol. The van der Waals surface area contributed by atoms with Gasteiger partial charge < -0.3 is 30.4 Å². The van der Waals surface area contributed by atoms with Gasteiger partial charge in [-0.1, -0.05) is 25.3 Å². The molecule has 0 spiro atoms. The highest BCUT2D eigenvalue weighted by Crippen LogP contribution is 2.24. The predicted octanol–water partition coefficient (Wildman–Crippen LogP) is 2.54. The number of aliphatic hydroxyl groups excluding tert-OH is 1. The number of ether oxygens (including phenoxy) is 1. The first kappa shape index (κ1) is 22.4. The van der Waals surface area contributed by atoms with Crippen LogP contribution >= 0.6 is 0 Å². The van der Waals surface area contributed by atoms with Gasteiger partial charge in [-0.05, 0) is 31.0 Å². The third-order valence-corrected chi connectivity index (χ3v) is 4.60. The molecule has 1 aromatic heterocycles. The molecule has 0 bridgehead atoms. The third kappa shape index (κ3) is 8.37. The van der Waals surface area contributed by atoms with Crippen molar-refractivity contribution in [1.82, 2.24) is 10.3 Å². The van der Waals surface area contributed by atoms with E-state index in [1.807, 2.05) is 30.5 Å². The number of aliphatic carboxylic acids is 2. The largest absolute Gasteiger partial charge is 0.490 e. The van der Waals surface area contributed by atoms with E-state index in [1.54, 1.807) is 0 Å². The molecule has 0 saturated heterocycles. The lowest BCUT2D eigenvalue weighted by atomic mass is 9.95. The summed E-state index contributed by atoms with van der Waals surface area (Å²) < 4.78 is 5.77. The maximum Gasteiger partial charge on any atom is 0.328 e. The Kier molecular flexibility index (Phi) is 9.20. The second kappa shape index (κ2) is 11.9. The SMILES string of the molecule is O=C(O)/C=C\C(=O)O.OC(CNC1CCCCC1)COc1cccc2[nH]ccc12. The van der Waals surface area contributed by atoms with Crippen LogP contribution < -0.4 is 10.1 Å². The Hall–Kier alpha value is -2.84. The summed E-state index contributed by atoms with van der Waals surface area (Å²) in [6, 6.07) is 8.49. The first-order chi connectivity index (χ1) is 14.0. The fourth-order valence-electron chi connectivity index (χ4n) is 3.18. The molecule has 5 N–H and O–H groups in total. The standard InChI is InChI=1S/C17H24N2O2.C4H4O4/c20-14(11-19-13-5-2-1-3-6-13)12-21-17-8-4-7-16-15(17)9-10-18-16;5-3(6)1-2-4(7)8/h4,7-10,13-14,18-20H,1-3,5-6,11-12H2;1-2H,(H,5,6)(H,7,8)/b;2-1-. The van der Waals surface area contributed by atoms with Crippen LogP contribution in [0.15, 0.2) is 42.6 Å². The minimum Gasteiger partial charge on any atom is -0.490 e. The fraction of sp³-hybridized carbons (Fsp3) is 0.429. The van der Waals surface area contributed by atoms with Crippen molar-refractivity contribution < 1.29 is 29.6 Å². The van der Waals surface area contributed by atoms with Crippen molar-refractivity contribution in [2.75, 3.05) is 13.2 Å². The Morgan fingerprint density at radius 2 is 1.83 bits per heavy atom. The van der Waals surface area contributed by atoms with Crippen molar-refractivity contribution in [1.29, 1.82) is 0 Å². The van der Waals surface area contributed by atoms with Crippen LogP contribution in [-0.4, -0.2) is 57.5 Å². The molecular formula is C21H28N2O6. The predicted molar refractivity (Wildman–Crippen MR) is 109 cm³/mol. The molecule has 1 fully saturated rings. The maximum absolute atomic E-state index is 10.1. The van der Waals surface area contributed by atoms with Gasteiger partial charge in [0, 0.05) is 41.8 Å². The zero-order chi connectivity index (χ0) is 21.1. The molecule has 1 aliphatic carbocycles.